The van der Waals surface area contributed by atoms with Crippen LogP contribution in [0.25, 0.3) is 0 Å². The summed E-state index contributed by atoms with van der Waals surface area (Å²) >= 11 is 0. The summed E-state index contributed by atoms with van der Waals surface area (Å²) in [6.07, 6.45) is 3.37. The lowest BCUT2D eigenvalue weighted by Crippen LogP contribution is -2.29. The van der Waals surface area contributed by atoms with Gasteiger partial charge in [0.2, 0.25) is 0 Å². The Labute approximate surface area is 179 Å². The summed E-state index contributed by atoms with van der Waals surface area (Å²) in [7, 11) is 0. The van der Waals surface area contributed by atoms with Gasteiger partial charge in [0.1, 0.15) is 13.2 Å². The zero-order valence-corrected chi connectivity index (χ0v) is 17.9. The Kier molecular flexibility index (Phi) is 5.26. The molecule has 0 aliphatic carbocycles. The van der Waals surface area contributed by atoms with E-state index in [9.17, 15) is 0 Å². The van der Waals surface area contributed by atoms with Gasteiger partial charge in [-0.3, -0.25) is 4.90 Å². The quantitative estimate of drug-likeness (QED) is 0.586. The molecule has 0 bridgehead atoms. The number of benzene rings is 2. The molecule has 4 nitrogen and oxygen atoms in total. The number of hydrogen-bond donors (Lipinski definition) is 0. The zero-order chi connectivity index (χ0) is 20.5. The molecule has 0 N–H and O–H groups in total. The first-order valence-electron chi connectivity index (χ1n) is 11.1. The Hall–Kier alpha value is -2.72. The molecule has 0 saturated carbocycles. The average molecular weight is 403 g/mol. The molecular weight excluding hydrogens is 372 g/mol. The van der Waals surface area contributed by atoms with E-state index >= 15 is 0 Å². The molecule has 2 aliphatic rings. The van der Waals surface area contributed by atoms with Gasteiger partial charge >= 0.3 is 0 Å². The van der Waals surface area contributed by atoms with Crippen molar-refractivity contribution in [3.8, 4) is 11.5 Å². The molecule has 0 saturated heterocycles. The van der Waals surface area contributed by atoms with Crippen LogP contribution in [-0.2, 0) is 13.1 Å². The molecule has 3 aromatic rings. The Balaban J connectivity index is 1.49. The van der Waals surface area contributed by atoms with Crippen molar-refractivity contribution in [2.75, 3.05) is 19.8 Å². The number of ether oxygens (including phenoxy) is 2. The van der Waals surface area contributed by atoms with Gasteiger partial charge in [-0.05, 0) is 53.3 Å². The monoisotopic (exact) mass is 402 g/mol. The van der Waals surface area contributed by atoms with Crippen LogP contribution in [0.15, 0.2) is 60.8 Å². The minimum absolute atomic E-state index is 0.247. The van der Waals surface area contributed by atoms with Crippen LogP contribution in [0.4, 0.5) is 0 Å². The van der Waals surface area contributed by atoms with Gasteiger partial charge in [-0.2, -0.15) is 0 Å². The second-order valence-electron chi connectivity index (χ2n) is 8.65. The van der Waals surface area contributed by atoms with E-state index in [1.165, 1.54) is 22.4 Å². The lowest BCUT2D eigenvalue weighted by molar-refractivity contribution is 0.170. The van der Waals surface area contributed by atoms with Crippen molar-refractivity contribution in [2.45, 2.75) is 45.3 Å². The molecule has 30 heavy (non-hydrogen) atoms. The van der Waals surface area contributed by atoms with Crippen LogP contribution in [0, 0.1) is 0 Å². The summed E-state index contributed by atoms with van der Waals surface area (Å²) in [4.78, 5) is 2.61. The van der Waals surface area contributed by atoms with Crippen molar-refractivity contribution in [3.63, 3.8) is 0 Å². The smallest absolute Gasteiger partial charge is 0.161 e. The predicted octanol–water partition coefficient (Wildman–Crippen LogP) is 5.38. The second kappa shape index (κ2) is 8.19. The fourth-order valence-electron chi connectivity index (χ4n) is 4.68. The summed E-state index contributed by atoms with van der Waals surface area (Å²) in [6.45, 7) is 8.77. The van der Waals surface area contributed by atoms with Crippen molar-refractivity contribution in [3.05, 3.63) is 83.2 Å². The van der Waals surface area contributed by atoms with Crippen molar-refractivity contribution in [1.82, 2.24) is 9.47 Å². The molecule has 1 atom stereocenters. The highest BCUT2D eigenvalue weighted by atomic mass is 16.6. The standard InChI is InChI=1S/C26H30N2O2/c1-19(2)21-7-9-22(10-8-21)26-23-5-3-12-27(23)13-4-14-28(26)18-20-6-11-24-25(17-20)30-16-15-29-24/h3,5-12,17,19,26H,4,13-16,18H2,1-2H3/t26-/m0/s1. The summed E-state index contributed by atoms with van der Waals surface area (Å²) in [6, 6.07) is 20.3. The molecule has 0 amide bonds. The van der Waals surface area contributed by atoms with E-state index in [0.717, 1.165) is 37.6 Å². The predicted molar refractivity (Wildman–Crippen MR) is 119 cm³/mol. The SMILES string of the molecule is CC(C)c1ccc([C@H]2c3cccn3CCCN2Cc2ccc3c(c2)OCCO3)cc1. The number of aryl methyl sites for hydroxylation is 1. The molecule has 0 unspecified atom stereocenters. The number of fused-ring (bicyclic) bond motifs is 2. The van der Waals surface area contributed by atoms with E-state index in [1.54, 1.807) is 0 Å². The molecule has 0 radical (unpaired) electrons. The van der Waals surface area contributed by atoms with E-state index in [2.05, 4.69) is 84.1 Å². The fourth-order valence-corrected chi connectivity index (χ4v) is 4.68. The third-order valence-corrected chi connectivity index (χ3v) is 6.27. The Morgan fingerprint density at radius 3 is 2.53 bits per heavy atom. The molecule has 5 rings (SSSR count). The van der Waals surface area contributed by atoms with Crippen molar-refractivity contribution >= 4 is 0 Å². The van der Waals surface area contributed by atoms with E-state index in [1.807, 2.05) is 0 Å². The number of rotatable bonds is 4. The van der Waals surface area contributed by atoms with Gasteiger partial charge in [0.15, 0.2) is 11.5 Å². The molecule has 1 aromatic heterocycles. The van der Waals surface area contributed by atoms with Crippen LogP contribution in [0.2, 0.25) is 0 Å². The maximum atomic E-state index is 5.82. The van der Waals surface area contributed by atoms with Gasteiger partial charge in [-0.1, -0.05) is 44.2 Å². The molecular formula is C26H30N2O2. The molecule has 2 aliphatic heterocycles. The lowest BCUT2D eigenvalue weighted by atomic mass is 9.96. The Morgan fingerprint density at radius 1 is 0.933 bits per heavy atom. The van der Waals surface area contributed by atoms with Crippen molar-refractivity contribution in [2.24, 2.45) is 0 Å². The van der Waals surface area contributed by atoms with Crippen LogP contribution in [-0.4, -0.2) is 29.2 Å². The molecule has 4 heteroatoms. The highest BCUT2D eigenvalue weighted by Gasteiger charge is 2.28. The van der Waals surface area contributed by atoms with Gasteiger partial charge in [-0.25, -0.2) is 0 Å². The molecule has 2 aromatic carbocycles. The van der Waals surface area contributed by atoms with E-state index in [4.69, 9.17) is 9.47 Å². The summed E-state index contributed by atoms with van der Waals surface area (Å²) in [5.41, 5.74) is 5.39. The summed E-state index contributed by atoms with van der Waals surface area (Å²) in [5.74, 6) is 2.27. The van der Waals surface area contributed by atoms with E-state index in [-0.39, 0.29) is 6.04 Å². The molecule has 156 valence electrons. The fraction of sp³-hybridized carbons (Fsp3) is 0.385. The number of nitrogens with zero attached hydrogens (tertiary/aromatic N) is 2. The zero-order valence-electron chi connectivity index (χ0n) is 17.9. The largest absolute Gasteiger partial charge is 0.486 e. The highest BCUT2D eigenvalue weighted by Crippen LogP contribution is 2.36. The second-order valence-corrected chi connectivity index (χ2v) is 8.65. The molecule has 0 spiro atoms. The van der Waals surface area contributed by atoms with E-state index in [0.29, 0.717) is 19.1 Å². The normalized spacial score (nSPS) is 18.8. The third-order valence-electron chi connectivity index (χ3n) is 6.27. The average Bonchev–Trinajstić information content (AvgIpc) is 3.15. The Bertz CT molecular complexity index is 1010. The van der Waals surface area contributed by atoms with Gasteiger partial charge in [0.25, 0.3) is 0 Å². The van der Waals surface area contributed by atoms with Crippen LogP contribution < -0.4 is 9.47 Å². The van der Waals surface area contributed by atoms with Gasteiger partial charge in [-0.15, -0.1) is 0 Å². The first kappa shape index (κ1) is 19.3. The lowest BCUT2D eigenvalue weighted by Gasteiger charge is -2.31. The van der Waals surface area contributed by atoms with Gasteiger partial charge < -0.3 is 14.0 Å². The third kappa shape index (κ3) is 3.72. The van der Waals surface area contributed by atoms with Crippen LogP contribution >= 0.6 is 0 Å². The van der Waals surface area contributed by atoms with Crippen molar-refractivity contribution < 1.29 is 9.47 Å². The molecule has 3 heterocycles. The van der Waals surface area contributed by atoms with Crippen LogP contribution in [0.1, 0.15) is 54.6 Å². The van der Waals surface area contributed by atoms with Gasteiger partial charge in [0.05, 0.1) is 6.04 Å². The summed E-state index contributed by atoms with van der Waals surface area (Å²) in [5, 5.41) is 0. The topological polar surface area (TPSA) is 26.6 Å². The number of aromatic nitrogens is 1. The minimum Gasteiger partial charge on any atom is -0.486 e. The highest BCUT2D eigenvalue weighted by molar-refractivity contribution is 5.44. The maximum Gasteiger partial charge on any atom is 0.161 e. The molecule has 0 fully saturated rings. The van der Waals surface area contributed by atoms with Crippen LogP contribution in [0.5, 0.6) is 11.5 Å². The van der Waals surface area contributed by atoms with Gasteiger partial charge in [0, 0.05) is 31.5 Å². The maximum absolute atomic E-state index is 5.82. The number of hydrogen-bond acceptors (Lipinski definition) is 3. The van der Waals surface area contributed by atoms with Crippen LogP contribution in [0.3, 0.4) is 0 Å². The minimum atomic E-state index is 0.247. The van der Waals surface area contributed by atoms with E-state index < -0.39 is 0 Å². The van der Waals surface area contributed by atoms with Crippen molar-refractivity contribution in [1.29, 1.82) is 0 Å². The first-order valence-corrected chi connectivity index (χ1v) is 11.1. The Morgan fingerprint density at radius 2 is 1.73 bits per heavy atom. The summed E-state index contributed by atoms with van der Waals surface area (Å²) < 4.78 is 13.9. The first-order chi connectivity index (χ1) is 14.7.